The Labute approximate surface area is 172 Å². The van der Waals surface area contributed by atoms with Crippen molar-refractivity contribution in [2.24, 2.45) is 0 Å². The molecule has 2 amide bonds. The summed E-state index contributed by atoms with van der Waals surface area (Å²) in [5.74, 6) is 0.411. The molecule has 2 aromatic carbocycles. The van der Waals surface area contributed by atoms with E-state index in [1.165, 1.54) is 11.3 Å². The number of amides is 2. The van der Waals surface area contributed by atoms with Crippen LogP contribution in [0.1, 0.15) is 23.8 Å². The number of ether oxygens (including phenoxy) is 1. The van der Waals surface area contributed by atoms with E-state index in [-0.39, 0.29) is 11.8 Å². The van der Waals surface area contributed by atoms with E-state index in [1.54, 1.807) is 6.92 Å². The number of fused-ring (bicyclic) bond motifs is 1. The van der Waals surface area contributed by atoms with Gasteiger partial charge in [0, 0.05) is 16.9 Å². The molecule has 4 rings (SSSR count). The van der Waals surface area contributed by atoms with Crippen molar-refractivity contribution < 1.29 is 14.3 Å². The molecule has 148 valence electrons. The van der Waals surface area contributed by atoms with Gasteiger partial charge in [-0.25, -0.2) is 4.98 Å². The summed E-state index contributed by atoms with van der Waals surface area (Å²) in [5, 5.41) is 6.32. The maximum Gasteiger partial charge on any atom is 0.265 e. The lowest BCUT2D eigenvalue weighted by molar-refractivity contribution is -0.122. The third kappa shape index (κ3) is 4.30. The smallest absolute Gasteiger partial charge is 0.265 e. The van der Waals surface area contributed by atoms with Crippen molar-refractivity contribution in [3.63, 3.8) is 0 Å². The molecule has 1 unspecified atom stereocenters. The molecule has 0 fully saturated rings. The summed E-state index contributed by atoms with van der Waals surface area (Å²) in [6.07, 6.45) is 0.581. The van der Waals surface area contributed by atoms with Gasteiger partial charge in [0.25, 0.3) is 5.91 Å². The first-order valence-electron chi connectivity index (χ1n) is 9.43. The highest BCUT2D eigenvalue weighted by Gasteiger charge is 2.24. The molecular weight excluding hydrogens is 386 g/mol. The Kier molecular flexibility index (Phi) is 5.31. The van der Waals surface area contributed by atoms with Crippen molar-refractivity contribution in [2.75, 3.05) is 10.6 Å². The zero-order valence-corrected chi connectivity index (χ0v) is 17.0. The van der Waals surface area contributed by atoms with Gasteiger partial charge in [-0.1, -0.05) is 30.3 Å². The fourth-order valence-corrected chi connectivity index (χ4v) is 4.01. The van der Waals surface area contributed by atoms with Gasteiger partial charge in [-0.2, -0.15) is 0 Å². The fourth-order valence-electron chi connectivity index (χ4n) is 3.16. The number of nitrogens with one attached hydrogen (secondary N) is 2. The first-order valence-corrected chi connectivity index (χ1v) is 10.2. The van der Waals surface area contributed by atoms with Gasteiger partial charge < -0.3 is 15.4 Å². The van der Waals surface area contributed by atoms with Crippen LogP contribution >= 0.6 is 11.3 Å². The molecule has 1 aliphatic heterocycles. The minimum absolute atomic E-state index is 0.0609. The van der Waals surface area contributed by atoms with E-state index in [4.69, 9.17) is 4.74 Å². The van der Waals surface area contributed by atoms with Crippen LogP contribution in [0.25, 0.3) is 11.3 Å². The quantitative estimate of drug-likeness (QED) is 0.657. The molecule has 0 aliphatic carbocycles. The number of rotatable bonds is 5. The van der Waals surface area contributed by atoms with Gasteiger partial charge in [0.2, 0.25) is 5.91 Å². The molecule has 1 aliphatic rings. The van der Waals surface area contributed by atoms with Gasteiger partial charge >= 0.3 is 0 Å². The highest BCUT2D eigenvalue weighted by Crippen LogP contribution is 2.36. The normalized spacial score (nSPS) is 15.2. The van der Waals surface area contributed by atoms with E-state index < -0.39 is 6.10 Å². The largest absolute Gasteiger partial charge is 0.479 e. The summed E-state index contributed by atoms with van der Waals surface area (Å²) in [5.41, 5.74) is 3.41. The minimum Gasteiger partial charge on any atom is -0.479 e. The summed E-state index contributed by atoms with van der Waals surface area (Å²) in [7, 11) is 0. The van der Waals surface area contributed by atoms with Crippen molar-refractivity contribution in [2.45, 2.75) is 32.8 Å². The standard InChI is InChI=1S/C22H21N3O3S/c1-13-21(27)23-17-12-16(9-10-18(17)28-13)20-14(2)29-22(25-20)24-19(26)11-8-15-6-4-3-5-7-15/h3-7,9-10,12-13H,8,11H2,1-2H3,(H,23,27)(H,24,25,26). The van der Waals surface area contributed by atoms with Gasteiger partial charge in [-0.15, -0.1) is 11.3 Å². The first kappa shape index (κ1) is 19.1. The van der Waals surface area contributed by atoms with Crippen molar-refractivity contribution >= 4 is 34.0 Å². The SMILES string of the molecule is Cc1sc(NC(=O)CCc2ccccc2)nc1-c1ccc2c(c1)NC(=O)C(C)O2. The second kappa shape index (κ2) is 8.05. The molecule has 0 saturated carbocycles. The second-order valence-corrected chi connectivity index (χ2v) is 8.12. The molecule has 1 atom stereocenters. The zero-order chi connectivity index (χ0) is 20.4. The molecule has 2 N–H and O–H groups in total. The average molecular weight is 407 g/mol. The Morgan fingerprint density at radius 2 is 2.03 bits per heavy atom. The number of benzene rings is 2. The molecule has 29 heavy (non-hydrogen) atoms. The summed E-state index contributed by atoms with van der Waals surface area (Å²) < 4.78 is 5.60. The third-order valence-electron chi connectivity index (χ3n) is 4.71. The van der Waals surface area contributed by atoms with Crippen LogP contribution in [0.5, 0.6) is 5.75 Å². The van der Waals surface area contributed by atoms with Crippen molar-refractivity contribution in [1.82, 2.24) is 4.98 Å². The number of carbonyl (C=O) groups is 2. The summed E-state index contributed by atoms with van der Waals surface area (Å²) in [6, 6.07) is 15.5. The summed E-state index contributed by atoms with van der Waals surface area (Å²) in [4.78, 5) is 29.7. The molecule has 0 radical (unpaired) electrons. The average Bonchev–Trinajstić information content (AvgIpc) is 3.07. The van der Waals surface area contributed by atoms with E-state index in [0.717, 1.165) is 21.7 Å². The van der Waals surface area contributed by atoms with Crippen molar-refractivity contribution in [1.29, 1.82) is 0 Å². The molecule has 2 heterocycles. The van der Waals surface area contributed by atoms with Crippen LogP contribution in [0.15, 0.2) is 48.5 Å². The topological polar surface area (TPSA) is 80.3 Å². The van der Waals surface area contributed by atoms with E-state index in [9.17, 15) is 9.59 Å². The third-order valence-corrected chi connectivity index (χ3v) is 5.60. The number of thiazole rings is 1. The lowest BCUT2D eigenvalue weighted by Gasteiger charge is -2.23. The van der Waals surface area contributed by atoms with E-state index in [1.807, 2.05) is 55.5 Å². The maximum absolute atomic E-state index is 12.3. The molecule has 0 bridgehead atoms. The fraction of sp³-hybridized carbons (Fsp3) is 0.227. The Morgan fingerprint density at radius 1 is 1.24 bits per heavy atom. The van der Waals surface area contributed by atoms with Gasteiger partial charge in [0.15, 0.2) is 11.2 Å². The summed E-state index contributed by atoms with van der Waals surface area (Å²) >= 11 is 1.44. The molecule has 3 aromatic rings. The van der Waals surface area contributed by atoms with Crippen LogP contribution in [0.4, 0.5) is 10.8 Å². The number of aryl methyl sites for hydroxylation is 2. The molecule has 6 nitrogen and oxygen atoms in total. The van der Waals surface area contributed by atoms with Gasteiger partial charge in [0.1, 0.15) is 5.75 Å². The second-order valence-electron chi connectivity index (χ2n) is 6.92. The summed E-state index contributed by atoms with van der Waals surface area (Å²) in [6.45, 7) is 3.67. The number of aromatic nitrogens is 1. The molecule has 0 saturated heterocycles. The van der Waals surface area contributed by atoms with E-state index in [0.29, 0.717) is 29.4 Å². The highest BCUT2D eigenvalue weighted by molar-refractivity contribution is 7.16. The van der Waals surface area contributed by atoms with Crippen molar-refractivity contribution in [3.05, 3.63) is 59.0 Å². The molecule has 7 heteroatoms. The number of carbonyl (C=O) groups excluding carboxylic acids is 2. The predicted molar refractivity (Wildman–Crippen MR) is 114 cm³/mol. The van der Waals surface area contributed by atoms with E-state index >= 15 is 0 Å². The predicted octanol–water partition coefficient (Wildman–Crippen LogP) is 4.41. The van der Waals surface area contributed by atoms with Crippen molar-refractivity contribution in [3.8, 4) is 17.0 Å². The van der Waals surface area contributed by atoms with Crippen LogP contribution in [-0.4, -0.2) is 22.9 Å². The number of hydrogen-bond acceptors (Lipinski definition) is 5. The Morgan fingerprint density at radius 3 is 2.83 bits per heavy atom. The Balaban J connectivity index is 1.46. The van der Waals surface area contributed by atoms with Crippen LogP contribution in [-0.2, 0) is 16.0 Å². The molecule has 0 spiro atoms. The minimum atomic E-state index is -0.507. The molecule has 1 aromatic heterocycles. The maximum atomic E-state index is 12.3. The Bertz CT molecular complexity index is 1060. The van der Waals surface area contributed by atoms with Gasteiger partial charge in [0.05, 0.1) is 11.4 Å². The van der Waals surface area contributed by atoms with Gasteiger partial charge in [-0.05, 0) is 44.0 Å². The lowest BCUT2D eigenvalue weighted by atomic mass is 10.1. The van der Waals surface area contributed by atoms with Crippen LogP contribution in [0, 0.1) is 6.92 Å². The molecular formula is C22H21N3O3S. The monoisotopic (exact) mass is 407 g/mol. The highest BCUT2D eigenvalue weighted by atomic mass is 32.1. The zero-order valence-electron chi connectivity index (χ0n) is 16.2. The number of anilines is 2. The lowest BCUT2D eigenvalue weighted by Crippen LogP contribution is -2.34. The van der Waals surface area contributed by atoms with Crippen LogP contribution in [0.3, 0.4) is 0 Å². The van der Waals surface area contributed by atoms with Crippen LogP contribution in [0.2, 0.25) is 0 Å². The number of hydrogen-bond donors (Lipinski definition) is 2. The number of nitrogens with zero attached hydrogens (tertiary/aromatic N) is 1. The Hall–Kier alpha value is -3.19. The first-order chi connectivity index (χ1) is 14.0. The van der Waals surface area contributed by atoms with Crippen LogP contribution < -0.4 is 15.4 Å². The van der Waals surface area contributed by atoms with E-state index in [2.05, 4.69) is 15.6 Å². The van der Waals surface area contributed by atoms with Gasteiger partial charge in [-0.3, -0.25) is 9.59 Å².